The van der Waals surface area contributed by atoms with E-state index in [1.165, 1.54) is 0 Å². The molecule has 2 rings (SSSR count). The molecule has 2 aromatic rings. The Kier molecular flexibility index (Phi) is 3.78. The number of ether oxygens (including phenoxy) is 1. The van der Waals surface area contributed by atoms with Gasteiger partial charge in [0.2, 0.25) is 0 Å². The number of carbonyl (C=O) groups is 1. The van der Waals surface area contributed by atoms with Crippen LogP contribution in [-0.2, 0) is 11.3 Å². The van der Waals surface area contributed by atoms with Gasteiger partial charge in [-0.25, -0.2) is 4.79 Å². The number of anilines is 1. The third-order valence-electron chi connectivity index (χ3n) is 2.55. The van der Waals surface area contributed by atoms with Crippen LogP contribution in [0.3, 0.4) is 0 Å². The van der Waals surface area contributed by atoms with Crippen LogP contribution < -0.4 is 5.73 Å². The first-order chi connectivity index (χ1) is 9.11. The Bertz CT molecular complexity index is 621. The Morgan fingerprint density at radius 3 is 2.68 bits per heavy atom. The number of benzene rings is 1. The Morgan fingerprint density at radius 1 is 1.47 bits per heavy atom. The van der Waals surface area contributed by atoms with Crippen LogP contribution in [0.4, 0.5) is 5.00 Å². The molecule has 0 fully saturated rings. The molecule has 1 heterocycles. The van der Waals surface area contributed by atoms with Crippen molar-refractivity contribution in [2.45, 2.75) is 13.5 Å². The van der Waals surface area contributed by atoms with Gasteiger partial charge in [0.1, 0.15) is 17.2 Å². The number of nitrogen functional groups attached to an aromatic ring is 1. The summed E-state index contributed by atoms with van der Waals surface area (Å²) in [6.07, 6.45) is 0. The van der Waals surface area contributed by atoms with Gasteiger partial charge in [-0.15, -0.1) is 0 Å². The van der Waals surface area contributed by atoms with Gasteiger partial charge in [-0.05, 0) is 36.2 Å². The summed E-state index contributed by atoms with van der Waals surface area (Å²) in [5, 5.41) is 9.04. The molecule has 0 radical (unpaired) electrons. The molecular weight excluding hydrogens is 262 g/mol. The fraction of sp³-hybridized carbons (Fsp3) is 0.154. The van der Waals surface area contributed by atoms with E-state index in [4.69, 9.17) is 15.7 Å². The highest BCUT2D eigenvalue weighted by Crippen LogP contribution is 2.22. The third-order valence-corrected chi connectivity index (χ3v) is 3.31. The molecule has 0 aliphatic heterocycles. The second-order valence-corrected chi connectivity index (χ2v) is 4.70. The molecule has 6 heteroatoms. The SMILES string of the molecule is Cc1nsc(N)c1C(=O)OCc1ccc(C#N)cc1. The van der Waals surface area contributed by atoms with E-state index in [0.717, 1.165) is 17.1 Å². The predicted molar refractivity (Wildman–Crippen MR) is 71.5 cm³/mol. The van der Waals surface area contributed by atoms with E-state index in [1.54, 1.807) is 31.2 Å². The number of esters is 1. The molecule has 0 saturated carbocycles. The predicted octanol–water partition coefficient (Wildman–Crippen LogP) is 2.26. The first-order valence-electron chi connectivity index (χ1n) is 5.49. The summed E-state index contributed by atoms with van der Waals surface area (Å²) in [4.78, 5) is 11.9. The van der Waals surface area contributed by atoms with Gasteiger partial charge in [-0.1, -0.05) is 12.1 Å². The van der Waals surface area contributed by atoms with E-state index in [0.29, 0.717) is 21.8 Å². The Labute approximate surface area is 114 Å². The summed E-state index contributed by atoms with van der Waals surface area (Å²) in [5.74, 6) is -0.479. The van der Waals surface area contributed by atoms with Gasteiger partial charge in [0, 0.05) is 0 Å². The van der Waals surface area contributed by atoms with Gasteiger partial charge in [0.25, 0.3) is 0 Å². The van der Waals surface area contributed by atoms with Crippen molar-refractivity contribution in [3.63, 3.8) is 0 Å². The minimum absolute atomic E-state index is 0.138. The molecule has 0 aliphatic rings. The topological polar surface area (TPSA) is 89.0 Å². The van der Waals surface area contributed by atoms with E-state index in [2.05, 4.69) is 4.37 Å². The van der Waals surface area contributed by atoms with Crippen molar-refractivity contribution in [1.29, 1.82) is 5.26 Å². The smallest absolute Gasteiger partial charge is 0.343 e. The van der Waals surface area contributed by atoms with Crippen LogP contribution in [0.25, 0.3) is 0 Å². The Balaban J connectivity index is 2.03. The van der Waals surface area contributed by atoms with Gasteiger partial charge >= 0.3 is 5.97 Å². The van der Waals surface area contributed by atoms with E-state index in [-0.39, 0.29) is 6.61 Å². The number of aromatic nitrogens is 1. The molecular formula is C13H11N3O2S. The van der Waals surface area contributed by atoms with Gasteiger partial charge in [-0.3, -0.25) is 0 Å². The van der Waals surface area contributed by atoms with Gasteiger partial charge in [0.05, 0.1) is 17.3 Å². The first kappa shape index (κ1) is 13.1. The molecule has 5 nitrogen and oxygen atoms in total. The normalized spacial score (nSPS) is 9.89. The van der Waals surface area contributed by atoms with Crippen LogP contribution >= 0.6 is 11.5 Å². The van der Waals surface area contributed by atoms with E-state index in [1.807, 2.05) is 6.07 Å². The fourth-order valence-electron chi connectivity index (χ4n) is 1.53. The van der Waals surface area contributed by atoms with Crippen molar-refractivity contribution >= 4 is 22.5 Å². The quantitative estimate of drug-likeness (QED) is 0.866. The highest BCUT2D eigenvalue weighted by atomic mass is 32.1. The summed E-state index contributed by atoms with van der Waals surface area (Å²) < 4.78 is 9.17. The average Bonchev–Trinajstić information content (AvgIpc) is 2.76. The van der Waals surface area contributed by atoms with E-state index >= 15 is 0 Å². The number of nitrogens with two attached hydrogens (primary N) is 1. The number of hydrogen-bond acceptors (Lipinski definition) is 6. The summed E-state index contributed by atoms with van der Waals surface area (Å²) >= 11 is 1.08. The average molecular weight is 273 g/mol. The van der Waals surface area contributed by atoms with Crippen LogP contribution in [0, 0.1) is 18.3 Å². The second-order valence-electron chi connectivity index (χ2n) is 3.89. The van der Waals surface area contributed by atoms with Crippen molar-refractivity contribution in [1.82, 2.24) is 4.37 Å². The maximum absolute atomic E-state index is 11.9. The van der Waals surface area contributed by atoms with Crippen molar-refractivity contribution in [3.8, 4) is 6.07 Å². The van der Waals surface area contributed by atoms with E-state index in [9.17, 15) is 4.79 Å². The standard InChI is InChI=1S/C13H11N3O2S/c1-8-11(12(15)19-16-8)13(17)18-7-10-4-2-9(6-14)3-5-10/h2-5H,7,15H2,1H3. The molecule has 0 spiro atoms. The van der Waals surface area contributed by atoms with Crippen LogP contribution in [0.15, 0.2) is 24.3 Å². The zero-order valence-corrected chi connectivity index (χ0v) is 11.0. The lowest BCUT2D eigenvalue weighted by atomic mass is 10.1. The molecule has 2 N–H and O–H groups in total. The summed E-state index contributed by atoms with van der Waals surface area (Å²) in [7, 11) is 0. The molecule has 1 aromatic carbocycles. The largest absolute Gasteiger partial charge is 0.457 e. The molecule has 0 amide bonds. The van der Waals surface area contributed by atoms with Crippen molar-refractivity contribution in [3.05, 3.63) is 46.6 Å². The molecule has 0 bridgehead atoms. The molecule has 0 atom stereocenters. The zero-order chi connectivity index (χ0) is 13.8. The lowest BCUT2D eigenvalue weighted by molar-refractivity contribution is 0.0473. The number of carbonyl (C=O) groups excluding carboxylic acids is 1. The van der Waals surface area contributed by atoms with Gasteiger partial charge < -0.3 is 10.5 Å². The maximum atomic E-state index is 11.9. The molecule has 1 aromatic heterocycles. The van der Waals surface area contributed by atoms with Gasteiger partial charge in [0.15, 0.2) is 0 Å². The number of nitriles is 1. The number of nitrogens with zero attached hydrogens (tertiary/aromatic N) is 2. The lowest BCUT2D eigenvalue weighted by Gasteiger charge is -2.05. The van der Waals surface area contributed by atoms with Crippen molar-refractivity contribution < 1.29 is 9.53 Å². The maximum Gasteiger partial charge on any atom is 0.343 e. The zero-order valence-electron chi connectivity index (χ0n) is 10.2. The van der Waals surface area contributed by atoms with Crippen LogP contribution in [-0.4, -0.2) is 10.3 Å². The van der Waals surface area contributed by atoms with Crippen LogP contribution in [0.2, 0.25) is 0 Å². The minimum Gasteiger partial charge on any atom is -0.457 e. The lowest BCUT2D eigenvalue weighted by Crippen LogP contribution is -2.08. The van der Waals surface area contributed by atoms with Crippen LogP contribution in [0.1, 0.15) is 27.2 Å². The molecule has 19 heavy (non-hydrogen) atoms. The van der Waals surface area contributed by atoms with Gasteiger partial charge in [-0.2, -0.15) is 9.64 Å². The summed E-state index contributed by atoms with van der Waals surface area (Å²) in [5.41, 5.74) is 7.96. The fourth-order valence-corrected chi connectivity index (χ4v) is 2.18. The summed E-state index contributed by atoms with van der Waals surface area (Å²) in [6.45, 7) is 1.85. The Morgan fingerprint density at radius 2 is 2.16 bits per heavy atom. The molecule has 0 aliphatic carbocycles. The monoisotopic (exact) mass is 273 g/mol. The molecule has 0 saturated heterocycles. The van der Waals surface area contributed by atoms with E-state index < -0.39 is 5.97 Å². The summed E-state index contributed by atoms with van der Waals surface area (Å²) in [6, 6.07) is 8.86. The third kappa shape index (κ3) is 2.89. The van der Waals surface area contributed by atoms with Crippen LogP contribution in [0.5, 0.6) is 0 Å². The molecule has 0 unspecified atom stereocenters. The molecule has 96 valence electrons. The minimum atomic E-state index is -0.479. The highest BCUT2D eigenvalue weighted by molar-refractivity contribution is 7.10. The van der Waals surface area contributed by atoms with Crippen molar-refractivity contribution in [2.24, 2.45) is 0 Å². The highest BCUT2D eigenvalue weighted by Gasteiger charge is 2.17. The first-order valence-corrected chi connectivity index (χ1v) is 6.27. The number of rotatable bonds is 3. The number of hydrogen-bond donors (Lipinski definition) is 1. The number of aryl methyl sites for hydroxylation is 1. The second kappa shape index (κ2) is 5.50. The van der Waals surface area contributed by atoms with Crippen molar-refractivity contribution in [2.75, 3.05) is 5.73 Å². The Hall–Kier alpha value is -2.39.